The molecule has 1 amide bonds. The topological polar surface area (TPSA) is 38.8 Å². The van der Waals surface area contributed by atoms with Crippen molar-refractivity contribution in [1.82, 2.24) is 4.90 Å². The fraction of sp³-hybridized carbons (Fsp3) is 0.500. The van der Waals surface area contributed by atoms with Crippen LogP contribution in [0, 0.1) is 5.82 Å². The quantitative estimate of drug-likeness (QED) is 0.790. The molecular weight excluding hydrogens is 329 g/mol. The van der Waals surface area contributed by atoms with Gasteiger partial charge >= 0.3 is 0 Å². The second-order valence-electron chi connectivity index (χ2n) is 4.73. The average Bonchev–Trinajstić information content (AvgIpc) is 2.46. The third kappa shape index (κ3) is 2.96. The first kappa shape index (κ1) is 15.3. The lowest BCUT2D eigenvalue weighted by Gasteiger charge is -2.37. The molecule has 4 nitrogen and oxygen atoms in total. The first-order chi connectivity index (χ1) is 9.58. The number of hydrogen-bond donors (Lipinski definition) is 0. The first-order valence-corrected chi connectivity index (χ1v) is 7.51. The summed E-state index contributed by atoms with van der Waals surface area (Å²) in [5.41, 5.74) is -0.0166. The van der Waals surface area contributed by atoms with Gasteiger partial charge in [-0.05, 0) is 19.1 Å². The first-order valence-electron chi connectivity index (χ1n) is 6.39. The van der Waals surface area contributed by atoms with Crippen LogP contribution >= 0.6 is 15.9 Å². The van der Waals surface area contributed by atoms with Gasteiger partial charge in [-0.1, -0.05) is 22.0 Å². The Kier molecular flexibility index (Phi) is 4.99. The number of amides is 1. The predicted molar refractivity (Wildman–Crippen MR) is 77.0 cm³/mol. The molecule has 0 N–H and O–H groups in total. The van der Waals surface area contributed by atoms with E-state index in [-0.39, 0.29) is 29.4 Å². The molecule has 1 aromatic rings. The van der Waals surface area contributed by atoms with Gasteiger partial charge in [0.25, 0.3) is 5.91 Å². The normalized spacial score (nSPS) is 22.7. The lowest BCUT2D eigenvalue weighted by molar-refractivity contribution is -0.0364. The molecule has 0 radical (unpaired) electrons. The van der Waals surface area contributed by atoms with Gasteiger partial charge in [0, 0.05) is 11.9 Å². The maximum atomic E-state index is 14.0. The fourth-order valence-electron chi connectivity index (χ4n) is 2.22. The summed E-state index contributed by atoms with van der Waals surface area (Å²) < 4.78 is 24.7. The lowest BCUT2D eigenvalue weighted by Crippen LogP contribution is -2.51. The van der Waals surface area contributed by atoms with Crippen LogP contribution in [-0.2, 0) is 4.74 Å². The molecule has 1 aromatic carbocycles. The molecule has 0 bridgehead atoms. The lowest BCUT2D eigenvalue weighted by atomic mass is 10.1. The van der Waals surface area contributed by atoms with E-state index in [0.717, 1.165) is 0 Å². The van der Waals surface area contributed by atoms with Crippen LogP contribution in [0.5, 0.6) is 5.75 Å². The summed E-state index contributed by atoms with van der Waals surface area (Å²) in [6.45, 7) is 2.76. The Morgan fingerprint density at radius 1 is 1.60 bits per heavy atom. The van der Waals surface area contributed by atoms with E-state index < -0.39 is 5.82 Å². The van der Waals surface area contributed by atoms with Gasteiger partial charge in [-0.15, -0.1) is 0 Å². The predicted octanol–water partition coefficient (Wildman–Crippen LogP) is 2.46. The minimum absolute atomic E-state index is 0.0166. The number of ether oxygens (including phenoxy) is 2. The van der Waals surface area contributed by atoms with Gasteiger partial charge in [0.1, 0.15) is 17.1 Å². The molecule has 0 spiro atoms. The molecule has 0 aliphatic carbocycles. The van der Waals surface area contributed by atoms with Gasteiger partial charge in [0.2, 0.25) is 0 Å². The van der Waals surface area contributed by atoms with Gasteiger partial charge in [-0.3, -0.25) is 4.79 Å². The smallest absolute Gasteiger partial charge is 0.261 e. The van der Waals surface area contributed by atoms with Crippen molar-refractivity contribution in [2.45, 2.75) is 19.1 Å². The van der Waals surface area contributed by atoms with Crippen molar-refractivity contribution in [3.8, 4) is 5.75 Å². The Morgan fingerprint density at radius 3 is 3.00 bits per heavy atom. The van der Waals surface area contributed by atoms with Crippen LogP contribution in [0.2, 0.25) is 0 Å². The number of methoxy groups -OCH3 is 1. The summed E-state index contributed by atoms with van der Waals surface area (Å²) in [4.78, 5) is 14.2. The standard InChI is InChI=1S/C14H17BrFNO3/c1-9-8-20-10(6-15)7-17(9)14(18)13-11(16)4-3-5-12(13)19-2/h3-5,9-10H,6-8H2,1-2H3. The number of hydrogen-bond acceptors (Lipinski definition) is 3. The van der Waals surface area contributed by atoms with Gasteiger partial charge in [-0.25, -0.2) is 4.39 Å². The maximum Gasteiger partial charge on any atom is 0.261 e. The van der Waals surface area contributed by atoms with Crippen LogP contribution in [0.25, 0.3) is 0 Å². The minimum atomic E-state index is -0.566. The van der Waals surface area contributed by atoms with E-state index in [2.05, 4.69) is 15.9 Å². The van der Waals surface area contributed by atoms with Gasteiger partial charge in [0.05, 0.1) is 25.9 Å². The SMILES string of the molecule is COc1cccc(F)c1C(=O)N1CC(CBr)OCC1C. The number of benzene rings is 1. The van der Waals surface area contributed by atoms with Crippen LogP contribution < -0.4 is 4.74 Å². The zero-order valence-electron chi connectivity index (χ0n) is 11.4. The highest BCUT2D eigenvalue weighted by Crippen LogP contribution is 2.25. The third-order valence-corrected chi connectivity index (χ3v) is 4.07. The number of carbonyl (C=O) groups excluding carboxylic acids is 1. The monoisotopic (exact) mass is 345 g/mol. The molecule has 2 atom stereocenters. The average molecular weight is 346 g/mol. The van der Waals surface area contributed by atoms with Crippen LogP contribution in [-0.4, -0.2) is 48.5 Å². The van der Waals surface area contributed by atoms with Crippen LogP contribution in [0.3, 0.4) is 0 Å². The molecule has 0 saturated carbocycles. The van der Waals surface area contributed by atoms with Crippen LogP contribution in [0.1, 0.15) is 17.3 Å². The molecule has 1 aliphatic rings. The number of halogens is 2. The molecule has 110 valence electrons. The molecule has 1 heterocycles. The Bertz CT molecular complexity index is 497. The van der Waals surface area contributed by atoms with E-state index in [4.69, 9.17) is 9.47 Å². The zero-order chi connectivity index (χ0) is 14.7. The van der Waals surface area contributed by atoms with E-state index in [0.29, 0.717) is 18.5 Å². The largest absolute Gasteiger partial charge is 0.496 e. The molecular formula is C14H17BrFNO3. The Morgan fingerprint density at radius 2 is 2.35 bits per heavy atom. The van der Waals surface area contributed by atoms with E-state index in [1.165, 1.54) is 19.2 Å². The van der Waals surface area contributed by atoms with Crippen molar-refractivity contribution in [2.75, 3.05) is 25.6 Å². The van der Waals surface area contributed by atoms with Crippen LogP contribution in [0.15, 0.2) is 18.2 Å². The summed E-state index contributed by atoms with van der Waals surface area (Å²) in [7, 11) is 1.43. The molecule has 2 unspecified atom stereocenters. The highest BCUT2D eigenvalue weighted by molar-refractivity contribution is 9.09. The van der Waals surface area contributed by atoms with Gasteiger partial charge in [0.15, 0.2) is 0 Å². The molecule has 0 aromatic heterocycles. The number of nitrogens with zero attached hydrogens (tertiary/aromatic N) is 1. The highest BCUT2D eigenvalue weighted by Gasteiger charge is 2.32. The van der Waals surface area contributed by atoms with Gasteiger partial charge < -0.3 is 14.4 Å². The molecule has 2 rings (SSSR count). The molecule has 1 saturated heterocycles. The summed E-state index contributed by atoms with van der Waals surface area (Å²) in [6, 6.07) is 4.28. The van der Waals surface area contributed by atoms with Crippen molar-refractivity contribution in [3.63, 3.8) is 0 Å². The molecule has 1 aliphatic heterocycles. The molecule has 20 heavy (non-hydrogen) atoms. The van der Waals surface area contributed by atoms with Crippen molar-refractivity contribution >= 4 is 21.8 Å². The van der Waals surface area contributed by atoms with E-state index in [9.17, 15) is 9.18 Å². The maximum absolute atomic E-state index is 14.0. The Labute approximate surface area is 126 Å². The Balaban J connectivity index is 2.30. The number of rotatable bonds is 3. The number of morpholine rings is 1. The third-order valence-electron chi connectivity index (χ3n) is 3.35. The van der Waals surface area contributed by atoms with Crippen molar-refractivity contribution in [3.05, 3.63) is 29.6 Å². The molecule has 6 heteroatoms. The fourth-order valence-corrected chi connectivity index (χ4v) is 2.61. The summed E-state index contributed by atoms with van der Waals surface area (Å²) >= 11 is 3.34. The van der Waals surface area contributed by atoms with Gasteiger partial charge in [-0.2, -0.15) is 0 Å². The second-order valence-corrected chi connectivity index (χ2v) is 5.38. The Hall–Kier alpha value is -1.14. The summed E-state index contributed by atoms with van der Waals surface area (Å²) in [5, 5.41) is 0.637. The number of alkyl halides is 1. The van der Waals surface area contributed by atoms with Crippen molar-refractivity contribution in [1.29, 1.82) is 0 Å². The number of carbonyl (C=O) groups is 1. The van der Waals surface area contributed by atoms with Crippen molar-refractivity contribution in [2.24, 2.45) is 0 Å². The van der Waals surface area contributed by atoms with Crippen molar-refractivity contribution < 1.29 is 18.7 Å². The zero-order valence-corrected chi connectivity index (χ0v) is 13.0. The highest BCUT2D eigenvalue weighted by atomic mass is 79.9. The van der Waals surface area contributed by atoms with E-state index in [1.807, 2.05) is 6.92 Å². The second kappa shape index (κ2) is 6.54. The summed E-state index contributed by atoms with van der Waals surface area (Å²) in [6.07, 6.45) is -0.0760. The summed E-state index contributed by atoms with van der Waals surface area (Å²) in [5.74, 6) is -0.672. The van der Waals surface area contributed by atoms with E-state index in [1.54, 1.807) is 11.0 Å². The van der Waals surface area contributed by atoms with Crippen LogP contribution in [0.4, 0.5) is 4.39 Å². The minimum Gasteiger partial charge on any atom is -0.496 e. The molecule has 1 fully saturated rings. The van der Waals surface area contributed by atoms with E-state index >= 15 is 0 Å².